The largest absolute Gasteiger partial charge is 0.506 e. The Kier molecular flexibility index (Phi) is 7.85. The maximum atomic E-state index is 12.4. The van der Waals surface area contributed by atoms with Gasteiger partial charge in [-0.05, 0) is 36.4 Å². The first-order chi connectivity index (χ1) is 16.8. The Bertz CT molecular complexity index is 1250. The van der Waals surface area contributed by atoms with Crippen molar-refractivity contribution in [2.45, 2.75) is 18.9 Å². The minimum atomic E-state index is -1.37. The van der Waals surface area contributed by atoms with Gasteiger partial charge in [-0.15, -0.1) is 0 Å². The molecule has 0 aliphatic carbocycles. The molecule has 3 aromatic rings. The molecule has 1 amide bonds. The third-order valence-corrected chi connectivity index (χ3v) is 6.00. The van der Waals surface area contributed by atoms with E-state index in [1.165, 1.54) is 6.20 Å². The highest BCUT2D eigenvalue weighted by Gasteiger charge is 2.27. The lowest BCUT2D eigenvalue weighted by Gasteiger charge is -2.25. The van der Waals surface area contributed by atoms with Crippen LogP contribution in [0.1, 0.15) is 34.1 Å². The fourth-order valence-corrected chi connectivity index (χ4v) is 4.19. The average Bonchev–Trinajstić information content (AvgIpc) is 2.81. The summed E-state index contributed by atoms with van der Waals surface area (Å²) in [6.45, 7) is 0.652. The summed E-state index contributed by atoms with van der Waals surface area (Å²) in [4.78, 5) is 27.5. The van der Waals surface area contributed by atoms with E-state index in [1.54, 1.807) is 42.5 Å². The molecule has 2 aromatic carbocycles. The molecule has 1 aromatic heterocycles. The zero-order valence-electron chi connectivity index (χ0n) is 18.1. The average molecular weight is 538 g/mol. The number of amides is 1. The van der Waals surface area contributed by atoms with Crippen molar-refractivity contribution in [2.24, 2.45) is 0 Å². The number of nitrogens with one attached hydrogen (secondary N) is 1. The van der Waals surface area contributed by atoms with E-state index in [2.05, 4.69) is 10.3 Å². The van der Waals surface area contributed by atoms with Crippen molar-refractivity contribution in [1.29, 1.82) is 0 Å². The second kappa shape index (κ2) is 11.0. The number of ether oxygens (including phenoxy) is 3. The molecule has 2 N–H and O–H groups in total. The molecular formula is C24H19Cl3N2O6. The summed E-state index contributed by atoms with van der Waals surface area (Å²) in [7, 11) is 0. The van der Waals surface area contributed by atoms with E-state index in [9.17, 15) is 9.59 Å². The van der Waals surface area contributed by atoms with Crippen molar-refractivity contribution < 1.29 is 28.9 Å². The fraction of sp³-hybridized carbons (Fsp3) is 0.208. The maximum absolute atomic E-state index is 12.4. The van der Waals surface area contributed by atoms with E-state index >= 15 is 0 Å². The Balaban J connectivity index is 1.37. The van der Waals surface area contributed by atoms with Gasteiger partial charge in [0.05, 0.1) is 27.4 Å². The lowest BCUT2D eigenvalue weighted by atomic mass is 10.0. The minimum Gasteiger partial charge on any atom is -0.493 e. The van der Waals surface area contributed by atoms with Gasteiger partial charge in [0.25, 0.3) is 5.91 Å². The molecule has 0 saturated heterocycles. The molecule has 182 valence electrons. The van der Waals surface area contributed by atoms with Gasteiger partial charge < -0.3 is 24.6 Å². The molecule has 0 radical (unpaired) electrons. The number of hydrogen-bond acceptors (Lipinski definition) is 6. The van der Waals surface area contributed by atoms with Crippen molar-refractivity contribution in [1.82, 2.24) is 10.3 Å². The van der Waals surface area contributed by atoms with Crippen LogP contribution in [0.15, 0.2) is 48.7 Å². The van der Waals surface area contributed by atoms with Crippen molar-refractivity contribution in [3.63, 3.8) is 0 Å². The molecule has 0 saturated carbocycles. The van der Waals surface area contributed by atoms with Crippen LogP contribution in [-0.2, 0) is 11.2 Å². The van der Waals surface area contributed by atoms with E-state index < -0.39 is 12.3 Å². The SMILES string of the molecule is O=C(O)OC1CCOc2cc(Oc3ccc(C(=O)NCCc4ncc(Cl)cc4Cl)cc3)c(Cl)cc21. The molecule has 1 unspecified atom stereocenters. The van der Waals surface area contributed by atoms with Crippen LogP contribution in [0.25, 0.3) is 0 Å². The lowest BCUT2D eigenvalue weighted by molar-refractivity contribution is 0.0326. The van der Waals surface area contributed by atoms with E-state index in [1.807, 2.05) is 0 Å². The third-order valence-electron chi connectivity index (χ3n) is 5.17. The van der Waals surface area contributed by atoms with E-state index in [0.717, 1.165) is 0 Å². The maximum Gasteiger partial charge on any atom is 0.506 e. The number of carbonyl (C=O) groups excluding carboxylic acids is 1. The fourth-order valence-electron chi connectivity index (χ4n) is 3.51. The third kappa shape index (κ3) is 6.28. The molecule has 1 aliphatic rings. The van der Waals surface area contributed by atoms with Crippen molar-refractivity contribution in [2.75, 3.05) is 13.2 Å². The monoisotopic (exact) mass is 536 g/mol. The molecule has 1 atom stereocenters. The number of fused-ring (bicyclic) bond motifs is 1. The normalized spacial score (nSPS) is 14.4. The van der Waals surface area contributed by atoms with Gasteiger partial charge in [0.15, 0.2) is 0 Å². The number of rotatable bonds is 7. The van der Waals surface area contributed by atoms with Crippen LogP contribution < -0.4 is 14.8 Å². The Morgan fingerprint density at radius 3 is 2.60 bits per heavy atom. The van der Waals surface area contributed by atoms with Gasteiger partial charge in [0, 0.05) is 42.8 Å². The molecule has 1 aliphatic heterocycles. The summed E-state index contributed by atoms with van der Waals surface area (Å²) in [5.41, 5.74) is 1.63. The lowest BCUT2D eigenvalue weighted by Crippen LogP contribution is -2.25. The summed E-state index contributed by atoms with van der Waals surface area (Å²) in [5, 5.41) is 12.9. The Morgan fingerprint density at radius 2 is 1.89 bits per heavy atom. The van der Waals surface area contributed by atoms with Crippen molar-refractivity contribution in [3.8, 4) is 17.2 Å². The van der Waals surface area contributed by atoms with Gasteiger partial charge in [-0.3, -0.25) is 9.78 Å². The molecule has 11 heteroatoms. The van der Waals surface area contributed by atoms with Crippen molar-refractivity contribution in [3.05, 3.63) is 80.6 Å². The molecule has 35 heavy (non-hydrogen) atoms. The van der Waals surface area contributed by atoms with Crippen LogP contribution in [0.2, 0.25) is 15.1 Å². The van der Waals surface area contributed by atoms with Crippen LogP contribution in [0.4, 0.5) is 4.79 Å². The first-order valence-corrected chi connectivity index (χ1v) is 11.7. The van der Waals surface area contributed by atoms with Gasteiger partial charge in [-0.1, -0.05) is 34.8 Å². The Labute approximate surface area is 215 Å². The van der Waals surface area contributed by atoms with Gasteiger partial charge in [-0.2, -0.15) is 0 Å². The molecular weight excluding hydrogens is 519 g/mol. The molecule has 0 spiro atoms. The summed E-state index contributed by atoms with van der Waals surface area (Å²) in [5.74, 6) is 0.958. The summed E-state index contributed by atoms with van der Waals surface area (Å²) >= 11 is 18.3. The smallest absolute Gasteiger partial charge is 0.493 e. The molecule has 4 rings (SSSR count). The number of carboxylic acid groups (broad SMARTS) is 1. The number of hydrogen-bond donors (Lipinski definition) is 2. The van der Waals surface area contributed by atoms with Crippen LogP contribution in [0.3, 0.4) is 0 Å². The predicted molar refractivity (Wildman–Crippen MR) is 130 cm³/mol. The quantitative estimate of drug-likeness (QED) is 0.339. The number of halogens is 3. The van der Waals surface area contributed by atoms with Crippen LogP contribution in [-0.4, -0.2) is 35.3 Å². The van der Waals surface area contributed by atoms with Gasteiger partial charge >= 0.3 is 6.16 Å². The molecule has 2 heterocycles. The Hall–Kier alpha value is -3.20. The zero-order chi connectivity index (χ0) is 24.9. The van der Waals surface area contributed by atoms with Crippen molar-refractivity contribution >= 4 is 46.9 Å². The summed E-state index contributed by atoms with van der Waals surface area (Å²) < 4.78 is 16.4. The zero-order valence-corrected chi connectivity index (χ0v) is 20.4. The van der Waals surface area contributed by atoms with Crippen LogP contribution in [0.5, 0.6) is 17.2 Å². The molecule has 0 fully saturated rings. The highest BCUT2D eigenvalue weighted by molar-refractivity contribution is 6.34. The summed E-state index contributed by atoms with van der Waals surface area (Å²) in [6.07, 6.45) is 0.329. The number of benzene rings is 2. The number of pyridine rings is 1. The number of aromatic nitrogens is 1. The topological polar surface area (TPSA) is 107 Å². The first-order valence-electron chi connectivity index (χ1n) is 10.5. The first kappa shape index (κ1) is 24.9. The molecule has 8 nitrogen and oxygen atoms in total. The predicted octanol–water partition coefficient (Wildman–Crippen LogP) is 6.32. The second-order valence-electron chi connectivity index (χ2n) is 7.54. The van der Waals surface area contributed by atoms with Gasteiger partial charge in [-0.25, -0.2) is 4.79 Å². The van der Waals surface area contributed by atoms with Crippen LogP contribution in [0, 0.1) is 0 Å². The Morgan fingerprint density at radius 1 is 1.11 bits per heavy atom. The number of nitrogens with zero attached hydrogens (tertiary/aromatic N) is 1. The van der Waals surface area contributed by atoms with Gasteiger partial charge in [0.1, 0.15) is 23.4 Å². The van der Waals surface area contributed by atoms with E-state index in [0.29, 0.717) is 70.1 Å². The van der Waals surface area contributed by atoms with E-state index in [-0.39, 0.29) is 10.9 Å². The van der Waals surface area contributed by atoms with Crippen LogP contribution >= 0.6 is 34.8 Å². The molecule has 0 bridgehead atoms. The van der Waals surface area contributed by atoms with E-state index in [4.69, 9.17) is 54.1 Å². The second-order valence-corrected chi connectivity index (χ2v) is 8.80. The highest BCUT2D eigenvalue weighted by Crippen LogP contribution is 2.42. The summed E-state index contributed by atoms with van der Waals surface area (Å²) in [6, 6.07) is 11.3. The minimum absolute atomic E-state index is 0.258. The highest BCUT2D eigenvalue weighted by atomic mass is 35.5. The standard InChI is InChI=1S/C24H19Cl3N2O6/c25-14-9-17(26)19(29-12-14)5-7-28-23(30)13-1-3-15(4-2-13)34-22-11-21-16(10-18(22)27)20(6-8-33-21)35-24(31)32/h1-4,9-12,20H,5-8H2,(H,28,30)(H,31,32). The van der Waals surface area contributed by atoms with Gasteiger partial charge in [0.2, 0.25) is 0 Å². The number of carbonyl (C=O) groups is 2.